The van der Waals surface area contributed by atoms with Crippen molar-refractivity contribution in [1.29, 1.82) is 0 Å². The minimum atomic E-state index is -0.610. The molecule has 1 heterocycles. The maximum Gasteiger partial charge on any atom is 0.332 e. The van der Waals surface area contributed by atoms with E-state index in [1.165, 1.54) is 11.3 Å². The highest BCUT2D eigenvalue weighted by Crippen LogP contribution is 2.38. The summed E-state index contributed by atoms with van der Waals surface area (Å²) < 4.78 is 9.64. The van der Waals surface area contributed by atoms with E-state index in [4.69, 9.17) is 15.2 Å². The third-order valence-corrected chi connectivity index (χ3v) is 4.42. The number of hydrogen-bond donors (Lipinski definition) is 2. The van der Waals surface area contributed by atoms with E-state index in [-0.39, 0.29) is 6.61 Å². The Morgan fingerprint density at radius 1 is 1.27 bits per heavy atom. The number of aryl methyl sites for hydroxylation is 1. The third kappa shape index (κ3) is 3.83. The molecule has 120 valence electrons. The van der Waals surface area contributed by atoms with Crippen LogP contribution in [0.25, 0.3) is 0 Å². The first-order valence-electron chi connectivity index (χ1n) is 7.00. The fourth-order valence-electron chi connectivity index (χ4n) is 2.29. The Hall–Kier alpha value is -1.93. The van der Waals surface area contributed by atoms with Gasteiger partial charge in [0.2, 0.25) is 0 Å². The number of carbonyl (C=O) groups excluding carboxylic acids is 3. The summed E-state index contributed by atoms with van der Waals surface area (Å²) in [5, 5.41) is 3.03. The predicted molar refractivity (Wildman–Crippen MR) is 80.9 cm³/mol. The van der Waals surface area contributed by atoms with Crippen LogP contribution in [-0.2, 0) is 31.9 Å². The molecule has 0 aromatic carbocycles. The van der Waals surface area contributed by atoms with Gasteiger partial charge in [0.25, 0.3) is 11.8 Å². The molecule has 0 unspecified atom stereocenters. The second kappa shape index (κ2) is 7.37. The Morgan fingerprint density at radius 3 is 2.73 bits per heavy atom. The van der Waals surface area contributed by atoms with Gasteiger partial charge in [-0.05, 0) is 31.7 Å². The molecule has 0 fully saturated rings. The molecular weight excluding hydrogens is 308 g/mol. The molecule has 1 aliphatic rings. The Bertz CT molecular complexity index is 596. The summed E-state index contributed by atoms with van der Waals surface area (Å²) in [6.45, 7) is 1.53. The van der Waals surface area contributed by atoms with Gasteiger partial charge < -0.3 is 20.5 Å². The van der Waals surface area contributed by atoms with Crippen molar-refractivity contribution >= 4 is 34.1 Å². The first-order chi connectivity index (χ1) is 10.5. The Balaban J connectivity index is 1.95. The van der Waals surface area contributed by atoms with Gasteiger partial charge >= 0.3 is 5.97 Å². The number of ether oxygens (including phenoxy) is 2. The van der Waals surface area contributed by atoms with Crippen molar-refractivity contribution in [2.75, 3.05) is 25.1 Å². The van der Waals surface area contributed by atoms with Gasteiger partial charge in [0, 0.05) is 11.5 Å². The molecule has 0 radical (unpaired) electrons. The first kappa shape index (κ1) is 16.4. The summed E-state index contributed by atoms with van der Waals surface area (Å²) in [4.78, 5) is 35.7. The van der Waals surface area contributed by atoms with Crippen LogP contribution >= 0.6 is 11.3 Å². The van der Waals surface area contributed by atoms with E-state index in [1.54, 1.807) is 6.92 Å². The summed E-state index contributed by atoms with van der Waals surface area (Å²) in [6, 6.07) is 0. The molecule has 0 aliphatic heterocycles. The van der Waals surface area contributed by atoms with Gasteiger partial charge in [0.15, 0.2) is 6.61 Å². The Labute approximate surface area is 131 Å². The third-order valence-electron chi connectivity index (χ3n) is 3.21. The molecule has 2 amide bonds. The van der Waals surface area contributed by atoms with E-state index in [9.17, 15) is 14.4 Å². The van der Waals surface area contributed by atoms with Gasteiger partial charge in [-0.2, -0.15) is 0 Å². The van der Waals surface area contributed by atoms with Gasteiger partial charge in [-0.1, -0.05) is 0 Å². The molecule has 8 heteroatoms. The van der Waals surface area contributed by atoms with Gasteiger partial charge in [0.05, 0.1) is 5.56 Å². The number of primary amides is 1. The van der Waals surface area contributed by atoms with Gasteiger partial charge in [-0.3, -0.25) is 9.59 Å². The normalized spacial score (nSPS) is 12.8. The fraction of sp³-hybridized carbons (Fsp3) is 0.500. The molecule has 0 spiro atoms. The molecule has 7 nitrogen and oxygen atoms in total. The van der Waals surface area contributed by atoms with Crippen molar-refractivity contribution in [2.24, 2.45) is 5.73 Å². The van der Waals surface area contributed by atoms with Crippen LogP contribution in [0.2, 0.25) is 0 Å². The van der Waals surface area contributed by atoms with E-state index in [2.05, 4.69) is 5.32 Å². The second-order valence-electron chi connectivity index (χ2n) is 4.77. The van der Waals surface area contributed by atoms with E-state index in [1.807, 2.05) is 0 Å². The molecule has 0 atom stereocenters. The first-order valence-corrected chi connectivity index (χ1v) is 7.82. The highest BCUT2D eigenvalue weighted by molar-refractivity contribution is 7.17. The van der Waals surface area contributed by atoms with Crippen LogP contribution in [0, 0.1) is 0 Å². The number of anilines is 1. The number of thiophene rings is 1. The monoisotopic (exact) mass is 326 g/mol. The SMILES string of the molecule is CCOCC(=O)OCC(=O)Nc1sc2c(c1C(N)=O)CCC2. The molecule has 1 aliphatic carbocycles. The lowest BCUT2D eigenvalue weighted by molar-refractivity contribution is -0.151. The maximum absolute atomic E-state index is 11.8. The summed E-state index contributed by atoms with van der Waals surface area (Å²) >= 11 is 1.36. The fourth-order valence-corrected chi connectivity index (χ4v) is 3.60. The average molecular weight is 326 g/mol. The van der Waals surface area contributed by atoms with Gasteiger partial charge in [-0.25, -0.2) is 4.79 Å². The second-order valence-corrected chi connectivity index (χ2v) is 5.88. The van der Waals surface area contributed by atoms with Crippen LogP contribution < -0.4 is 11.1 Å². The summed E-state index contributed by atoms with van der Waals surface area (Å²) in [7, 11) is 0. The number of esters is 1. The largest absolute Gasteiger partial charge is 0.454 e. The van der Waals surface area contributed by atoms with Crippen molar-refractivity contribution in [1.82, 2.24) is 0 Å². The molecule has 3 N–H and O–H groups in total. The molecule has 1 aromatic rings. The minimum Gasteiger partial charge on any atom is -0.454 e. The van der Waals surface area contributed by atoms with Crippen molar-refractivity contribution in [2.45, 2.75) is 26.2 Å². The summed E-state index contributed by atoms with van der Waals surface area (Å²) in [5.41, 5.74) is 6.71. The molecule has 22 heavy (non-hydrogen) atoms. The van der Waals surface area contributed by atoms with Crippen molar-refractivity contribution in [3.05, 3.63) is 16.0 Å². The molecule has 0 saturated carbocycles. The maximum atomic E-state index is 11.8. The lowest BCUT2D eigenvalue weighted by Gasteiger charge is -2.07. The zero-order chi connectivity index (χ0) is 16.1. The van der Waals surface area contributed by atoms with Gasteiger partial charge in [0.1, 0.15) is 11.6 Å². The van der Waals surface area contributed by atoms with Crippen LogP contribution in [0.15, 0.2) is 0 Å². The van der Waals surface area contributed by atoms with Crippen LogP contribution in [0.1, 0.15) is 34.1 Å². The van der Waals surface area contributed by atoms with Crippen LogP contribution in [0.5, 0.6) is 0 Å². The van der Waals surface area contributed by atoms with Gasteiger partial charge in [-0.15, -0.1) is 11.3 Å². The standard InChI is InChI=1S/C14H18N2O5S/c1-2-20-7-11(18)21-6-10(17)16-14-12(13(15)19)8-4-3-5-9(8)22-14/h2-7H2,1H3,(H2,15,19)(H,16,17). The van der Waals surface area contributed by atoms with E-state index < -0.39 is 24.4 Å². The number of fused-ring (bicyclic) bond motifs is 1. The topological polar surface area (TPSA) is 108 Å². The van der Waals surface area contributed by atoms with Crippen LogP contribution in [-0.4, -0.2) is 37.6 Å². The van der Waals surface area contributed by atoms with E-state index in [0.717, 1.165) is 29.7 Å². The van der Waals surface area contributed by atoms with Crippen LogP contribution in [0.4, 0.5) is 5.00 Å². The smallest absolute Gasteiger partial charge is 0.332 e. The average Bonchev–Trinajstić information content (AvgIpc) is 3.02. The highest BCUT2D eigenvalue weighted by Gasteiger charge is 2.26. The van der Waals surface area contributed by atoms with Crippen molar-refractivity contribution in [3.8, 4) is 0 Å². The molecular formula is C14H18N2O5S. The van der Waals surface area contributed by atoms with Crippen molar-refractivity contribution in [3.63, 3.8) is 0 Å². The zero-order valence-corrected chi connectivity index (χ0v) is 13.1. The minimum absolute atomic E-state index is 0.191. The van der Waals surface area contributed by atoms with E-state index >= 15 is 0 Å². The number of nitrogens with two attached hydrogens (primary N) is 1. The number of carbonyl (C=O) groups is 3. The number of hydrogen-bond acceptors (Lipinski definition) is 6. The zero-order valence-electron chi connectivity index (χ0n) is 12.3. The molecule has 2 rings (SSSR count). The van der Waals surface area contributed by atoms with Crippen LogP contribution in [0.3, 0.4) is 0 Å². The molecule has 0 saturated heterocycles. The Kier molecular flexibility index (Phi) is 5.51. The lowest BCUT2D eigenvalue weighted by Crippen LogP contribution is -2.24. The summed E-state index contributed by atoms with van der Waals surface area (Å²) in [5.74, 6) is -1.67. The molecule has 1 aromatic heterocycles. The highest BCUT2D eigenvalue weighted by atomic mass is 32.1. The van der Waals surface area contributed by atoms with E-state index in [0.29, 0.717) is 17.2 Å². The van der Waals surface area contributed by atoms with Crippen molar-refractivity contribution < 1.29 is 23.9 Å². The number of nitrogens with one attached hydrogen (secondary N) is 1. The molecule has 0 bridgehead atoms. The Morgan fingerprint density at radius 2 is 2.05 bits per heavy atom. The number of rotatable bonds is 7. The lowest BCUT2D eigenvalue weighted by atomic mass is 10.1. The summed E-state index contributed by atoms with van der Waals surface area (Å²) in [6.07, 6.45) is 2.67. The quantitative estimate of drug-likeness (QED) is 0.722. The number of amides is 2. The predicted octanol–water partition coefficient (Wildman–Crippen LogP) is 0.854.